The molecule has 0 N–H and O–H groups in total. The summed E-state index contributed by atoms with van der Waals surface area (Å²) in [5.74, 6) is -0.719. The van der Waals surface area contributed by atoms with Gasteiger partial charge in [0, 0.05) is 5.56 Å². The van der Waals surface area contributed by atoms with Crippen LogP contribution in [0.5, 0.6) is 0 Å². The van der Waals surface area contributed by atoms with E-state index in [4.69, 9.17) is 0 Å². The molecule has 1 unspecified atom stereocenters. The maximum atomic E-state index is 12.3. The van der Waals surface area contributed by atoms with E-state index in [2.05, 4.69) is 0 Å². The lowest BCUT2D eigenvalue weighted by Crippen LogP contribution is -2.49. The Balaban J connectivity index is 1.96. The van der Waals surface area contributed by atoms with Crippen molar-refractivity contribution >= 4 is 21.7 Å². The highest BCUT2D eigenvalue weighted by Crippen LogP contribution is 2.26. The van der Waals surface area contributed by atoms with Crippen LogP contribution >= 0.6 is 0 Å². The van der Waals surface area contributed by atoms with Crippen LogP contribution < -0.4 is 0 Å². The number of carbonyl (C=O) groups is 2. The summed E-state index contributed by atoms with van der Waals surface area (Å²) in [6.45, 7) is 0. The van der Waals surface area contributed by atoms with Gasteiger partial charge in [0.05, 0.1) is 24.0 Å². The highest BCUT2D eigenvalue weighted by molar-refractivity contribution is 7.91. The summed E-state index contributed by atoms with van der Waals surface area (Å²) in [5, 5.41) is 0. The molecule has 19 heavy (non-hydrogen) atoms. The maximum Gasteiger partial charge on any atom is 0.261 e. The molecule has 0 radical (unpaired) electrons. The summed E-state index contributed by atoms with van der Waals surface area (Å²) >= 11 is 0. The molecule has 2 aliphatic heterocycles. The van der Waals surface area contributed by atoms with Gasteiger partial charge in [-0.1, -0.05) is 18.2 Å². The Bertz CT molecular complexity index is 665. The van der Waals surface area contributed by atoms with Gasteiger partial charge in [-0.25, -0.2) is 8.42 Å². The van der Waals surface area contributed by atoms with Crippen LogP contribution in [-0.2, 0) is 21.1 Å². The molecule has 6 heteroatoms. The minimum atomic E-state index is -3.12. The lowest BCUT2D eigenvalue weighted by molar-refractivity contribution is -0.129. The van der Waals surface area contributed by atoms with E-state index in [1.165, 1.54) is 0 Å². The molecule has 1 aromatic rings. The predicted molar refractivity (Wildman–Crippen MR) is 68.4 cm³/mol. The molecule has 0 bridgehead atoms. The fraction of sp³-hybridized carbons (Fsp3) is 0.385. The Morgan fingerprint density at radius 3 is 2.58 bits per heavy atom. The summed E-state index contributed by atoms with van der Waals surface area (Å²) in [5.41, 5.74) is 1.22. The molecule has 1 fully saturated rings. The van der Waals surface area contributed by atoms with Gasteiger partial charge in [0.1, 0.15) is 0 Å². The molecule has 2 heterocycles. The van der Waals surface area contributed by atoms with Crippen LogP contribution in [0.3, 0.4) is 0 Å². The molecule has 0 aliphatic carbocycles. The Kier molecular flexibility index (Phi) is 2.70. The first-order valence-electron chi connectivity index (χ1n) is 6.13. The number of hydrogen-bond donors (Lipinski definition) is 0. The molecular formula is C13H13NO4S. The standard InChI is InChI=1S/C13H13NO4S/c15-12-7-9-3-1-2-4-11(9)13(16)14(12)10-5-6-19(17,18)8-10/h1-4,10H,5-8H2. The highest BCUT2D eigenvalue weighted by atomic mass is 32.2. The number of amides is 2. The molecule has 2 aliphatic rings. The largest absolute Gasteiger partial charge is 0.274 e. The quantitative estimate of drug-likeness (QED) is 0.698. The third-order valence-corrected chi connectivity index (χ3v) is 5.40. The third-order valence-electron chi connectivity index (χ3n) is 3.65. The van der Waals surface area contributed by atoms with Gasteiger partial charge < -0.3 is 0 Å². The van der Waals surface area contributed by atoms with Crippen molar-refractivity contribution in [2.45, 2.75) is 18.9 Å². The number of sulfone groups is 1. The average molecular weight is 279 g/mol. The van der Waals surface area contributed by atoms with E-state index in [0.29, 0.717) is 12.0 Å². The molecule has 3 rings (SSSR count). The second-order valence-electron chi connectivity index (χ2n) is 4.96. The van der Waals surface area contributed by atoms with Crippen molar-refractivity contribution in [2.24, 2.45) is 0 Å². The number of hydrogen-bond acceptors (Lipinski definition) is 4. The normalized spacial score (nSPS) is 25.5. The van der Waals surface area contributed by atoms with Gasteiger partial charge in [0.2, 0.25) is 5.91 Å². The number of nitrogens with zero attached hydrogens (tertiary/aromatic N) is 1. The van der Waals surface area contributed by atoms with E-state index < -0.39 is 15.9 Å². The van der Waals surface area contributed by atoms with Crippen molar-refractivity contribution in [1.82, 2.24) is 4.90 Å². The first kappa shape index (κ1) is 12.3. The van der Waals surface area contributed by atoms with Gasteiger partial charge in [0.15, 0.2) is 9.84 Å². The van der Waals surface area contributed by atoms with Gasteiger partial charge in [-0.15, -0.1) is 0 Å². The van der Waals surface area contributed by atoms with Gasteiger partial charge >= 0.3 is 0 Å². The molecule has 100 valence electrons. The molecule has 2 amide bonds. The molecule has 0 aromatic heterocycles. The monoisotopic (exact) mass is 279 g/mol. The summed E-state index contributed by atoms with van der Waals surface area (Å²) in [7, 11) is -3.12. The van der Waals surface area contributed by atoms with E-state index >= 15 is 0 Å². The van der Waals surface area contributed by atoms with E-state index in [1.807, 2.05) is 0 Å². The fourth-order valence-corrected chi connectivity index (χ4v) is 4.42. The lowest BCUT2D eigenvalue weighted by Gasteiger charge is -2.30. The average Bonchev–Trinajstić information content (AvgIpc) is 2.69. The summed E-state index contributed by atoms with van der Waals surface area (Å²) in [6, 6.07) is 6.47. The minimum Gasteiger partial charge on any atom is -0.274 e. The summed E-state index contributed by atoms with van der Waals surface area (Å²) in [6.07, 6.45) is 0.514. The van der Waals surface area contributed by atoms with Crippen molar-refractivity contribution in [3.05, 3.63) is 35.4 Å². The maximum absolute atomic E-state index is 12.3. The second kappa shape index (κ2) is 4.16. The van der Waals surface area contributed by atoms with Crippen LogP contribution in [0.4, 0.5) is 0 Å². The van der Waals surface area contributed by atoms with Crippen LogP contribution in [0, 0.1) is 0 Å². The zero-order valence-electron chi connectivity index (χ0n) is 10.2. The number of carbonyl (C=O) groups excluding carboxylic acids is 2. The van der Waals surface area contributed by atoms with Gasteiger partial charge in [-0.3, -0.25) is 14.5 Å². The Hall–Kier alpha value is -1.69. The number of rotatable bonds is 1. The van der Waals surface area contributed by atoms with Gasteiger partial charge in [-0.2, -0.15) is 0 Å². The first-order valence-corrected chi connectivity index (χ1v) is 7.95. The highest BCUT2D eigenvalue weighted by Gasteiger charge is 2.40. The number of imide groups is 1. The van der Waals surface area contributed by atoms with Crippen LogP contribution in [0.2, 0.25) is 0 Å². The Labute approximate surface area is 111 Å². The number of benzene rings is 1. The van der Waals surface area contributed by atoms with Crippen molar-refractivity contribution in [3.63, 3.8) is 0 Å². The Morgan fingerprint density at radius 1 is 1.16 bits per heavy atom. The van der Waals surface area contributed by atoms with Gasteiger partial charge in [0.25, 0.3) is 5.91 Å². The van der Waals surface area contributed by atoms with Gasteiger partial charge in [-0.05, 0) is 18.1 Å². The molecular weight excluding hydrogens is 266 g/mol. The zero-order valence-corrected chi connectivity index (χ0v) is 11.0. The third kappa shape index (κ3) is 2.06. The fourth-order valence-electron chi connectivity index (χ4n) is 2.72. The van der Waals surface area contributed by atoms with E-state index in [9.17, 15) is 18.0 Å². The molecule has 0 saturated carbocycles. The van der Waals surface area contributed by atoms with Crippen LogP contribution in [0.25, 0.3) is 0 Å². The van der Waals surface area contributed by atoms with E-state index in [-0.39, 0.29) is 29.7 Å². The molecule has 1 atom stereocenters. The molecule has 5 nitrogen and oxygen atoms in total. The van der Waals surface area contributed by atoms with E-state index in [1.54, 1.807) is 24.3 Å². The second-order valence-corrected chi connectivity index (χ2v) is 7.19. The zero-order chi connectivity index (χ0) is 13.6. The van der Waals surface area contributed by atoms with Crippen molar-refractivity contribution in [2.75, 3.05) is 11.5 Å². The summed E-state index contributed by atoms with van der Waals surface area (Å²) < 4.78 is 23.0. The summed E-state index contributed by atoms with van der Waals surface area (Å²) in [4.78, 5) is 25.6. The first-order chi connectivity index (χ1) is 8.98. The van der Waals surface area contributed by atoms with E-state index in [0.717, 1.165) is 10.5 Å². The predicted octanol–water partition coefficient (Wildman–Crippen LogP) is 0.399. The smallest absolute Gasteiger partial charge is 0.261 e. The van der Waals surface area contributed by atoms with Crippen LogP contribution in [0.1, 0.15) is 22.3 Å². The topological polar surface area (TPSA) is 71.5 Å². The van der Waals surface area contributed by atoms with Crippen molar-refractivity contribution in [3.8, 4) is 0 Å². The minimum absolute atomic E-state index is 0.0520. The van der Waals surface area contributed by atoms with Crippen LogP contribution in [-0.4, -0.2) is 42.7 Å². The number of fused-ring (bicyclic) bond motifs is 1. The molecule has 0 spiro atoms. The lowest BCUT2D eigenvalue weighted by atomic mass is 9.97. The SMILES string of the molecule is O=C1Cc2ccccc2C(=O)N1C1CCS(=O)(=O)C1. The molecule has 1 aromatic carbocycles. The molecule has 1 saturated heterocycles. The Morgan fingerprint density at radius 2 is 1.89 bits per heavy atom. The van der Waals surface area contributed by atoms with Crippen LogP contribution in [0.15, 0.2) is 24.3 Å². The van der Waals surface area contributed by atoms with Crippen molar-refractivity contribution in [1.29, 1.82) is 0 Å². The van der Waals surface area contributed by atoms with Crippen molar-refractivity contribution < 1.29 is 18.0 Å².